The second-order valence-corrected chi connectivity index (χ2v) is 8.97. The van der Waals surface area contributed by atoms with Crippen LogP contribution < -0.4 is 5.63 Å². The van der Waals surface area contributed by atoms with Gasteiger partial charge in [0.15, 0.2) is 5.78 Å². The van der Waals surface area contributed by atoms with Crippen LogP contribution in [0.3, 0.4) is 0 Å². The molecule has 0 N–H and O–H groups in total. The lowest BCUT2D eigenvalue weighted by Gasteiger charge is -2.01. The predicted molar refractivity (Wildman–Crippen MR) is 131 cm³/mol. The lowest BCUT2D eigenvalue weighted by atomic mass is 10.1. The van der Waals surface area contributed by atoms with Gasteiger partial charge in [-0.1, -0.05) is 86.5 Å². The summed E-state index contributed by atoms with van der Waals surface area (Å²) in [7, 11) is 0. The first-order valence-electron chi connectivity index (χ1n) is 9.58. The van der Waals surface area contributed by atoms with Crippen molar-refractivity contribution in [3.05, 3.63) is 115 Å². The second-order valence-electron chi connectivity index (χ2n) is 7.14. The summed E-state index contributed by atoms with van der Waals surface area (Å²) in [6.07, 6.45) is 0. The fourth-order valence-corrected chi connectivity index (χ4v) is 4.58. The number of hydrogen-bond acceptors (Lipinski definition) is 3. The summed E-state index contributed by atoms with van der Waals surface area (Å²) in [6.45, 7) is 0. The Hall–Kier alpha value is -3.02. The monoisotopic (exact) mass is 532 g/mol. The van der Waals surface area contributed by atoms with Gasteiger partial charge in [0, 0.05) is 25.5 Å². The molecule has 0 aliphatic heterocycles. The van der Waals surface area contributed by atoms with Crippen LogP contribution in [0.1, 0.15) is 15.9 Å². The van der Waals surface area contributed by atoms with Crippen molar-refractivity contribution in [3.63, 3.8) is 0 Å². The van der Waals surface area contributed by atoms with E-state index in [1.807, 2.05) is 72.8 Å². The van der Waals surface area contributed by atoms with E-state index >= 15 is 0 Å². The van der Waals surface area contributed by atoms with E-state index in [-0.39, 0.29) is 11.4 Å². The predicted octanol–water partition coefficient (Wildman–Crippen LogP) is 7.37. The Kier molecular flexibility index (Phi) is 5.08. The maximum atomic E-state index is 12.0. The number of rotatable bonds is 0. The molecule has 1 aliphatic rings. The molecule has 0 fully saturated rings. The van der Waals surface area contributed by atoms with Crippen LogP contribution in [0.25, 0.3) is 32.9 Å². The lowest BCUT2D eigenvalue weighted by molar-refractivity contribution is 0.104. The van der Waals surface area contributed by atoms with E-state index in [1.54, 1.807) is 12.1 Å². The van der Waals surface area contributed by atoms with Crippen LogP contribution >= 0.6 is 31.9 Å². The van der Waals surface area contributed by atoms with Crippen molar-refractivity contribution in [1.82, 2.24) is 0 Å². The second kappa shape index (κ2) is 7.91. The quantitative estimate of drug-likeness (QED) is 0.151. The molecule has 0 amide bonds. The molecule has 0 saturated heterocycles. The Morgan fingerprint density at radius 3 is 2.03 bits per heavy atom. The minimum Gasteiger partial charge on any atom is -0.422 e. The van der Waals surface area contributed by atoms with E-state index in [0.29, 0.717) is 11.0 Å². The van der Waals surface area contributed by atoms with Gasteiger partial charge in [-0.05, 0) is 46.8 Å². The average molecular weight is 534 g/mol. The molecule has 3 nitrogen and oxygen atoms in total. The molecule has 0 atom stereocenters. The van der Waals surface area contributed by atoms with Gasteiger partial charge >= 0.3 is 5.63 Å². The molecule has 4 aromatic carbocycles. The molecular formula is C26H14Br2O3. The number of benzene rings is 4. The molecule has 0 radical (unpaired) electrons. The minimum absolute atomic E-state index is 0.127. The summed E-state index contributed by atoms with van der Waals surface area (Å²) in [5.41, 5.74) is 4.03. The van der Waals surface area contributed by atoms with Crippen molar-refractivity contribution in [2.24, 2.45) is 0 Å². The van der Waals surface area contributed by atoms with Crippen LogP contribution in [-0.2, 0) is 0 Å². The Balaban J connectivity index is 0.000000132. The number of hydrogen-bond donors (Lipinski definition) is 0. The molecule has 0 saturated carbocycles. The van der Waals surface area contributed by atoms with Crippen LogP contribution in [-0.4, -0.2) is 5.78 Å². The largest absolute Gasteiger partial charge is 0.422 e. The molecule has 0 unspecified atom stereocenters. The third-order valence-corrected chi connectivity index (χ3v) is 6.26. The summed E-state index contributed by atoms with van der Waals surface area (Å²) in [4.78, 5) is 23.8. The van der Waals surface area contributed by atoms with Gasteiger partial charge in [0.25, 0.3) is 0 Å². The van der Waals surface area contributed by atoms with Crippen molar-refractivity contribution in [2.45, 2.75) is 0 Å². The zero-order chi connectivity index (χ0) is 21.5. The van der Waals surface area contributed by atoms with Gasteiger partial charge in [0.2, 0.25) is 0 Å². The molecule has 31 heavy (non-hydrogen) atoms. The zero-order valence-electron chi connectivity index (χ0n) is 16.1. The summed E-state index contributed by atoms with van der Waals surface area (Å²) in [6, 6.07) is 26.8. The SMILES string of the molecule is O=C1c2ccccc2-c2ccc(Br)cc21.O=c1oc2ccccc2c2ccc(Br)cc12. The van der Waals surface area contributed by atoms with E-state index in [2.05, 4.69) is 31.9 Å². The highest BCUT2D eigenvalue weighted by Crippen LogP contribution is 2.37. The van der Waals surface area contributed by atoms with Crippen LogP contribution in [0, 0.1) is 0 Å². The first kappa shape index (κ1) is 19.9. The van der Waals surface area contributed by atoms with E-state index < -0.39 is 0 Å². The number of fused-ring (bicyclic) bond motifs is 6. The summed E-state index contributed by atoms with van der Waals surface area (Å²) in [5.74, 6) is 0.127. The van der Waals surface area contributed by atoms with Crippen molar-refractivity contribution in [2.75, 3.05) is 0 Å². The summed E-state index contributed by atoms with van der Waals surface area (Å²) in [5, 5.41) is 2.49. The Morgan fingerprint density at radius 2 is 1.19 bits per heavy atom. The average Bonchev–Trinajstić information content (AvgIpc) is 3.06. The molecule has 6 rings (SSSR count). The third-order valence-electron chi connectivity index (χ3n) is 5.27. The van der Waals surface area contributed by atoms with Gasteiger partial charge < -0.3 is 4.42 Å². The number of para-hydroxylation sites is 1. The number of halogens is 2. The Bertz CT molecular complexity index is 1550. The van der Waals surface area contributed by atoms with Crippen LogP contribution in [0.15, 0.2) is 103 Å². The van der Waals surface area contributed by atoms with Gasteiger partial charge in [0.05, 0.1) is 5.39 Å². The Labute approximate surface area is 194 Å². The highest BCUT2D eigenvalue weighted by atomic mass is 79.9. The fraction of sp³-hybridized carbons (Fsp3) is 0. The molecule has 0 bridgehead atoms. The third kappa shape index (κ3) is 3.54. The van der Waals surface area contributed by atoms with Gasteiger partial charge in [-0.25, -0.2) is 4.79 Å². The lowest BCUT2D eigenvalue weighted by Crippen LogP contribution is -1.99. The van der Waals surface area contributed by atoms with E-state index in [1.165, 1.54) is 0 Å². The maximum absolute atomic E-state index is 12.0. The molecule has 0 spiro atoms. The standard InChI is InChI=1S/C13H7BrO2.C13H7BrO/c14-8-5-6-9-10-3-1-2-4-12(10)16-13(15)11(9)7-8;14-8-5-6-10-9-3-1-2-4-11(9)13(15)12(10)7-8/h1-7H;1-7H. The molecule has 1 heterocycles. The molecule has 1 aliphatic carbocycles. The molecule has 5 aromatic rings. The topological polar surface area (TPSA) is 47.3 Å². The normalized spacial score (nSPS) is 11.7. The smallest absolute Gasteiger partial charge is 0.344 e. The van der Waals surface area contributed by atoms with E-state index in [0.717, 1.165) is 42.0 Å². The van der Waals surface area contributed by atoms with Crippen molar-refractivity contribution in [1.29, 1.82) is 0 Å². The van der Waals surface area contributed by atoms with Gasteiger partial charge in [-0.15, -0.1) is 0 Å². The number of ketones is 1. The fourth-order valence-electron chi connectivity index (χ4n) is 3.85. The van der Waals surface area contributed by atoms with Crippen LogP contribution in [0.4, 0.5) is 0 Å². The van der Waals surface area contributed by atoms with Gasteiger partial charge in [-0.3, -0.25) is 4.79 Å². The van der Waals surface area contributed by atoms with Crippen molar-refractivity contribution in [3.8, 4) is 11.1 Å². The highest BCUT2D eigenvalue weighted by molar-refractivity contribution is 9.10. The number of carbonyl (C=O) groups is 1. The van der Waals surface area contributed by atoms with Crippen LogP contribution in [0.2, 0.25) is 0 Å². The van der Waals surface area contributed by atoms with Crippen molar-refractivity contribution < 1.29 is 9.21 Å². The van der Waals surface area contributed by atoms with Crippen LogP contribution in [0.5, 0.6) is 0 Å². The van der Waals surface area contributed by atoms with Gasteiger partial charge in [0.1, 0.15) is 5.58 Å². The highest BCUT2D eigenvalue weighted by Gasteiger charge is 2.25. The first-order chi connectivity index (χ1) is 15.0. The molecule has 5 heteroatoms. The Morgan fingerprint density at radius 1 is 0.548 bits per heavy atom. The number of carbonyl (C=O) groups excluding carboxylic acids is 1. The molecule has 1 aromatic heterocycles. The first-order valence-corrected chi connectivity index (χ1v) is 11.2. The maximum Gasteiger partial charge on any atom is 0.344 e. The van der Waals surface area contributed by atoms with E-state index in [9.17, 15) is 9.59 Å². The zero-order valence-corrected chi connectivity index (χ0v) is 19.2. The molecule has 150 valence electrons. The van der Waals surface area contributed by atoms with E-state index in [4.69, 9.17) is 4.42 Å². The van der Waals surface area contributed by atoms with Crippen molar-refractivity contribution >= 4 is 59.4 Å². The minimum atomic E-state index is -0.296. The summed E-state index contributed by atoms with van der Waals surface area (Å²) < 4.78 is 7.08. The summed E-state index contributed by atoms with van der Waals surface area (Å²) >= 11 is 6.73. The molecular weight excluding hydrogens is 520 g/mol. The van der Waals surface area contributed by atoms with Gasteiger partial charge in [-0.2, -0.15) is 0 Å².